The van der Waals surface area contributed by atoms with Gasteiger partial charge in [-0.25, -0.2) is 0 Å². The summed E-state index contributed by atoms with van der Waals surface area (Å²) in [6, 6.07) is 1.45. The van der Waals surface area contributed by atoms with Gasteiger partial charge in [0.25, 0.3) is 10.1 Å². The lowest BCUT2D eigenvalue weighted by Gasteiger charge is -2.08. The minimum atomic E-state index is -4.62. The van der Waals surface area contributed by atoms with Gasteiger partial charge < -0.3 is 15.5 Å². The summed E-state index contributed by atoms with van der Waals surface area (Å²) < 4.78 is 30.2. The van der Waals surface area contributed by atoms with Crippen molar-refractivity contribution in [2.75, 3.05) is 5.32 Å². The molecule has 0 fully saturated rings. The van der Waals surface area contributed by atoms with E-state index in [-0.39, 0.29) is 5.69 Å². The number of aromatic hydroxyl groups is 2. The first-order chi connectivity index (χ1) is 7.21. The Hall–Kier alpha value is -1.80. The van der Waals surface area contributed by atoms with Gasteiger partial charge in [-0.3, -0.25) is 9.35 Å². The lowest BCUT2D eigenvalue weighted by Crippen LogP contribution is -2.07. The van der Waals surface area contributed by atoms with E-state index >= 15 is 0 Å². The third-order valence-electron chi connectivity index (χ3n) is 1.67. The molecule has 1 aromatic rings. The quantitative estimate of drug-likeness (QED) is 0.338. The summed E-state index contributed by atoms with van der Waals surface area (Å²) in [4.78, 5) is 9.85. The Balaban J connectivity index is 3.33. The largest absolute Gasteiger partial charge is 0.506 e. The van der Waals surface area contributed by atoms with E-state index in [4.69, 9.17) is 4.55 Å². The molecule has 1 aromatic carbocycles. The number of nitrogens with one attached hydrogen (secondary N) is 1. The highest BCUT2D eigenvalue weighted by Gasteiger charge is 2.18. The Kier molecular flexibility index (Phi) is 3.06. The summed E-state index contributed by atoms with van der Waals surface area (Å²) in [5.41, 5.74) is -0.155. The summed E-state index contributed by atoms with van der Waals surface area (Å²) in [5.74, 6) is -1.86. The van der Waals surface area contributed by atoms with Crippen LogP contribution in [0.25, 0.3) is 0 Å². The van der Waals surface area contributed by atoms with Crippen molar-refractivity contribution >= 4 is 21.7 Å². The highest BCUT2D eigenvalue weighted by molar-refractivity contribution is 7.86. The van der Waals surface area contributed by atoms with Crippen LogP contribution in [-0.2, 0) is 14.9 Å². The van der Waals surface area contributed by atoms with E-state index in [0.29, 0.717) is 6.07 Å². The van der Waals surface area contributed by atoms with Gasteiger partial charge >= 0.3 is 0 Å². The fraction of sp³-hybridized carbons (Fsp3) is 0.125. The molecule has 0 saturated carbocycles. The Morgan fingerprint density at radius 1 is 1.25 bits per heavy atom. The van der Waals surface area contributed by atoms with E-state index in [1.54, 1.807) is 0 Å². The number of carbonyl (C=O) groups is 1. The molecule has 0 aliphatic rings. The number of hydrogen-bond acceptors (Lipinski definition) is 5. The van der Waals surface area contributed by atoms with Crippen LogP contribution >= 0.6 is 0 Å². The fourth-order valence-corrected chi connectivity index (χ4v) is 1.64. The Morgan fingerprint density at radius 3 is 2.25 bits per heavy atom. The van der Waals surface area contributed by atoms with Gasteiger partial charge in [0.05, 0.1) is 5.69 Å². The van der Waals surface area contributed by atoms with E-state index in [1.807, 2.05) is 0 Å². The molecule has 0 radical (unpaired) electrons. The molecule has 0 aliphatic carbocycles. The number of rotatable bonds is 2. The van der Waals surface area contributed by atoms with Gasteiger partial charge in [0.2, 0.25) is 5.91 Å². The van der Waals surface area contributed by atoms with E-state index in [9.17, 15) is 23.4 Å². The standard InChI is InChI=1S/C8H9NO6S/c1-4(10)9-5-2-7(12)8(3-6(5)11)16(13,14)15/h2-3,11-12H,1H3,(H,9,10)(H,13,14,15). The smallest absolute Gasteiger partial charge is 0.298 e. The lowest BCUT2D eigenvalue weighted by molar-refractivity contribution is -0.114. The van der Waals surface area contributed by atoms with Crippen LogP contribution in [0.4, 0.5) is 5.69 Å². The first-order valence-corrected chi connectivity index (χ1v) is 5.47. The van der Waals surface area contributed by atoms with Crippen LogP contribution in [0.3, 0.4) is 0 Å². The average molecular weight is 247 g/mol. The predicted molar refractivity (Wildman–Crippen MR) is 53.9 cm³/mol. The maximum Gasteiger partial charge on any atom is 0.298 e. The molecular weight excluding hydrogens is 238 g/mol. The predicted octanol–water partition coefficient (Wildman–Crippen LogP) is 0.303. The van der Waals surface area contributed by atoms with Crippen molar-refractivity contribution in [1.82, 2.24) is 0 Å². The zero-order valence-corrected chi connectivity index (χ0v) is 8.95. The Morgan fingerprint density at radius 2 is 1.81 bits per heavy atom. The van der Waals surface area contributed by atoms with Crippen molar-refractivity contribution in [2.24, 2.45) is 0 Å². The molecule has 1 amide bonds. The Labute approximate surface area is 91.1 Å². The van der Waals surface area contributed by atoms with E-state index in [1.165, 1.54) is 6.92 Å². The maximum atomic E-state index is 10.7. The fourth-order valence-electron chi connectivity index (χ4n) is 1.05. The zero-order chi connectivity index (χ0) is 12.5. The number of phenolic OH excluding ortho intramolecular Hbond substituents is 2. The van der Waals surface area contributed by atoms with Gasteiger partial charge in [-0.2, -0.15) is 8.42 Å². The second-order valence-corrected chi connectivity index (χ2v) is 4.38. The molecule has 0 atom stereocenters. The van der Waals surface area contributed by atoms with Crippen molar-refractivity contribution in [3.05, 3.63) is 12.1 Å². The molecule has 7 nitrogen and oxygen atoms in total. The monoisotopic (exact) mass is 247 g/mol. The molecule has 0 aliphatic heterocycles. The molecule has 8 heteroatoms. The van der Waals surface area contributed by atoms with Crippen molar-refractivity contribution in [2.45, 2.75) is 11.8 Å². The lowest BCUT2D eigenvalue weighted by atomic mass is 10.2. The zero-order valence-electron chi connectivity index (χ0n) is 8.13. The molecule has 0 heterocycles. The summed E-state index contributed by atoms with van der Waals surface area (Å²) in [6.07, 6.45) is 0. The third kappa shape index (κ3) is 2.61. The normalized spacial score (nSPS) is 11.1. The van der Waals surface area contributed by atoms with Crippen molar-refractivity contribution in [1.29, 1.82) is 0 Å². The second-order valence-electron chi connectivity index (χ2n) is 2.99. The minimum absolute atomic E-state index is 0.155. The first-order valence-electron chi connectivity index (χ1n) is 4.03. The topological polar surface area (TPSA) is 124 Å². The summed E-state index contributed by atoms with van der Waals surface area (Å²) in [5, 5.41) is 20.8. The van der Waals surface area contributed by atoms with Crippen LogP contribution in [0.1, 0.15) is 6.92 Å². The SMILES string of the molecule is CC(=O)Nc1cc(O)c(S(=O)(=O)O)cc1O. The molecule has 0 unspecified atom stereocenters. The highest BCUT2D eigenvalue weighted by Crippen LogP contribution is 2.33. The number of benzene rings is 1. The van der Waals surface area contributed by atoms with Crippen LogP contribution in [0, 0.1) is 0 Å². The summed E-state index contributed by atoms with van der Waals surface area (Å²) >= 11 is 0. The summed E-state index contributed by atoms with van der Waals surface area (Å²) in [7, 11) is -4.62. The number of anilines is 1. The van der Waals surface area contributed by atoms with Crippen molar-refractivity contribution < 1.29 is 28.0 Å². The van der Waals surface area contributed by atoms with Crippen LogP contribution in [0.15, 0.2) is 17.0 Å². The second kappa shape index (κ2) is 3.99. The average Bonchev–Trinajstić information content (AvgIpc) is 2.07. The van der Waals surface area contributed by atoms with Gasteiger partial charge in [0.1, 0.15) is 16.4 Å². The van der Waals surface area contributed by atoms with Crippen LogP contribution in [0.5, 0.6) is 11.5 Å². The van der Waals surface area contributed by atoms with Gasteiger partial charge in [0, 0.05) is 19.1 Å². The Bertz CT molecular complexity index is 536. The molecule has 0 spiro atoms. The molecule has 0 aromatic heterocycles. The molecule has 0 bridgehead atoms. The number of phenols is 2. The third-order valence-corrected chi connectivity index (χ3v) is 2.55. The number of amides is 1. The van der Waals surface area contributed by atoms with Gasteiger partial charge in [-0.05, 0) is 0 Å². The first kappa shape index (κ1) is 12.3. The van der Waals surface area contributed by atoms with E-state index in [2.05, 4.69) is 5.32 Å². The van der Waals surface area contributed by atoms with Crippen LogP contribution < -0.4 is 5.32 Å². The number of carbonyl (C=O) groups excluding carboxylic acids is 1. The molecule has 1 rings (SSSR count). The van der Waals surface area contributed by atoms with E-state index in [0.717, 1.165) is 6.07 Å². The molecule has 16 heavy (non-hydrogen) atoms. The number of hydrogen-bond donors (Lipinski definition) is 4. The molecule has 88 valence electrons. The van der Waals surface area contributed by atoms with Crippen LogP contribution in [-0.4, -0.2) is 29.1 Å². The van der Waals surface area contributed by atoms with Gasteiger partial charge in [-0.15, -0.1) is 0 Å². The minimum Gasteiger partial charge on any atom is -0.506 e. The molecule has 4 N–H and O–H groups in total. The molecule has 0 saturated heterocycles. The van der Waals surface area contributed by atoms with Gasteiger partial charge in [0.15, 0.2) is 0 Å². The van der Waals surface area contributed by atoms with Crippen molar-refractivity contribution in [3.8, 4) is 11.5 Å². The maximum absolute atomic E-state index is 10.7. The van der Waals surface area contributed by atoms with Crippen molar-refractivity contribution in [3.63, 3.8) is 0 Å². The van der Waals surface area contributed by atoms with Gasteiger partial charge in [-0.1, -0.05) is 0 Å². The van der Waals surface area contributed by atoms with E-state index < -0.39 is 32.4 Å². The molecular formula is C8H9NO6S. The highest BCUT2D eigenvalue weighted by atomic mass is 32.2. The van der Waals surface area contributed by atoms with Crippen LogP contribution in [0.2, 0.25) is 0 Å². The summed E-state index contributed by atoms with van der Waals surface area (Å²) in [6.45, 7) is 1.17.